The summed E-state index contributed by atoms with van der Waals surface area (Å²) < 4.78 is 9.43. The smallest absolute Gasteiger partial charge is 0.344 e. The number of carbonyl (C=O) groups excluding carboxylic acids is 1. The fraction of sp³-hybridized carbons (Fsp3) is 0.250. The van der Waals surface area contributed by atoms with E-state index in [-0.39, 0.29) is 21.6 Å². The molecule has 0 saturated carbocycles. The van der Waals surface area contributed by atoms with Gasteiger partial charge in [0.1, 0.15) is 21.6 Å². The van der Waals surface area contributed by atoms with Gasteiger partial charge in [0.2, 0.25) is 0 Å². The Morgan fingerprint density at radius 3 is 2.57 bits per heavy atom. The number of halogens is 2. The minimum absolute atomic E-state index is 0.0406. The maximum Gasteiger partial charge on any atom is 0.344 e. The molecule has 6 heteroatoms. The molecule has 0 amide bonds. The van der Waals surface area contributed by atoms with Crippen molar-refractivity contribution in [2.45, 2.75) is 0 Å². The van der Waals surface area contributed by atoms with Crippen molar-refractivity contribution in [1.82, 2.24) is 4.98 Å². The summed E-state index contributed by atoms with van der Waals surface area (Å²) in [6, 6.07) is 1.39. The van der Waals surface area contributed by atoms with E-state index in [2.05, 4.69) is 9.72 Å². The predicted octanol–water partition coefficient (Wildman–Crippen LogP) is 2.18. The molecular weight excluding hydrogens is 229 g/mol. The Hall–Kier alpha value is -1.00. The first-order valence-corrected chi connectivity index (χ1v) is 4.34. The topological polar surface area (TPSA) is 48.4 Å². The molecule has 0 saturated heterocycles. The minimum Gasteiger partial charge on any atom is -0.496 e. The maximum atomic E-state index is 11.3. The highest BCUT2D eigenvalue weighted by atomic mass is 35.5. The van der Waals surface area contributed by atoms with Crippen molar-refractivity contribution in [1.29, 1.82) is 0 Å². The molecule has 0 unspecified atom stereocenters. The van der Waals surface area contributed by atoms with E-state index in [0.29, 0.717) is 0 Å². The van der Waals surface area contributed by atoms with Crippen LogP contribution in [0.4, 0.5) is 0 Å². The first kappa shape index (κ1) is 11.1. The van der Waals surface area contributed by atoms with E-state index < -0.39 is 5.97 Å². The van der Waals surface area contributed by atoms with E-state index in [1.165, 1.54) is 20.3 Å². The number of hydrogen-bond donors (Lipinski definition) is 0. The van der Waals surface area contributed by atoms with E-state index in [1.807, 2.05) is 0 Å². The van der Waals surface area contributed by atoms with Gasteiger partial charge in [0.15, 0.2) is 0 Å². The summed E-state index contributed by atoms with van der Waals surface area (Å²) >= 11 is 11.3. The maximum absolute atomic E-state index is 11.3. The second kappa shape index (κ2) is 4.48. The van der Waals surface area contributed by atoms with Crippen LogP contribution in [0.1, 0.15) is 10.4 Å². The number of nitrogens with zero attached hydrogens (tertiary/aromatic N) is 1. The van der Waals surface area contributed by atoms with Crippen LogP contribution in [0.2, 0.25) is 10.3 Å². The van der Waals surface area contributed by atoms with Crippen molar-refractivity contribution >= 4 is 29.2 Å². The highest BCUT2D eigenvalue weighted by molar-refractivity contribution is 6.35. The Balaban J connectivity index is 3.32. The van der Waals surface area contributed by atoms with Crippen LogP contribution in [0, 0.1) is 0 Å². The molecule has 0 bridgehead atoms. The fourth-order valence-electron chi connectivity index (χ4n) is 0.912. The Kier molecular flexibility index (Phi) is 3.55. The lowest BCUT2D eigenvalue weighted by Gasteiger charge is -2.07. The van der Waals surface area contributed by atoms with Gasteiger partial charge in [-0.1, -0.05) is 23.2 Å². The molecule has 0 radical (unpaired) electrons. The van der Waals surface area contributed by atoms with Gasteiger partial charge in [-0.05, 0) is 0 Å². The highest BCUT2D eigenvalue weighted by Crippen LogP contribution is 2.28. The van der Waals surface area contributed by atoms with E-state index in [4.69, 9.17) is 27.9 Å². The molecular formula is C8H7Cl2NO3. The molecule has 0 aliphatic heterocycles. The van der Waals surface area contributed by atoms with Crippen LogP contribution in [-0.4, -0.2) is 25.2 Å². The van der Waals surface area contributed by atoms with Gasteiger partial charge >= 0.3 is 5.97 Å². The lowest BCUT2D eigenvalue weighted by atomic mass is 10.2. The largest absolute Gasteiger partial charge is 0.496 e. The summed E-state index contributed by atoms with van der Waals surface area (Å²) in [4.78, 5) is 15.0. The van der Waals surface area contributed by atoms with Crippen molar-refractivity contribution in [2.75, 3.05) is 14.2 Å². The lowest BCUT2D eigenvalue weighted by Crippen LogP contribution is -2.06. The molecule has 1 aromatic rings. The number of pyridine rings is 1. The molecule has 0 aromatic carbocycles. The van der Waals surface area contributed by atoms with Crippen molar-refractivity contribution < 1.29 is 14.3 Å². The van der Waals surface area contributed by atoms with Crippen LogP contribution < -0.4 is 4.74 Å². The third kappa shape index (κ3) is 2.08. The van der Waals surface area contributed by atoms with Crippen molar-refractivity contribution in [3.8, 4) is 5.75 Å². The van der Waals surface area contributed by atoms with Crippen molar-refractivity contribution in [3.05, 3.63) is 21.9 Å². The van der Waals surface area contributed by atoms with Gasteiger partial charge in [-0.2, -0.15) is 0 Å². The van der Waals surface area contributed by atoms with Gasteiger partial charge < -0.3 is 9.47 Å². The monoisotopic (exact) mass is 235 g/mol. The van der Waals surface area contributed by atoms with Crippen LogP contribution in [-0.2, 0) is 4.74 Å². The quantitative estimate of drug-likeness (QED) is 0.583. The number of ether oxygens (including phenoxy) is 2. The standard InChI is InChI=1S/C8H7Cl2NO3/c1-13-4-3-5(9)11-7(10)6(4)8(12)14-2/h3H,1-2H3. The SMILES string of the molecule is COC(=O)c1c(OC)cc(Cl)nc1Cl. The molecule has 0 aliphatic carbocycles. The summed E-state index contributed by atoms with van der Waals surface area (Å²) in [6.45, 7) is 0. The molecule has 1 rings (SSSR count). The van der Waals surface area contributed by atoms with Gasteiger partial charge in [-0.15, -0.1) is 0 Å². The summed E-state index contributed by atoms with van der Waals surface area (Å²) in [5, 5.41) is 0.112. The second-order valence-electron chi connectivity index (χ2n) is 2.30. The number of aromatic nitrogens is 1. The molecule has 4 nitrogen and oxygen atoms in total. The average Bonchev–Trinajstić information content (AvgIpc) is 2.15. The van der Waals surface area contributed by atoms with Gasteiger partial charge in [0.25, 0.3) is 0 Å². The van der Waals surface area contributed by atoms with Crippen LogP contribution in [0.3, 0.4) is 0 Å². The van der Waals surface area contributed by atoms with E-state index in [9.17, 15) is 4.79 Å². The minimum atomic E-state index is -0.615. The zero-order valence-corrected chi connectivity index (χ0v) is 9.02. The summed E-state index contributed by atoms with van der Waals surface area (Å²) in [5.41, 5.74) is 0.0704. The van der Waals surface area contributed by atoms with Gasteiger partial charge in [-0.25, -0.2) is 9.78 Å². The number of rotatable bonds is 2. The number of carbonyl (C=O) groups is 1. The Morgan fingerprint density at radius 2 is 2.07 bits per heavy atom. The van der Waals surface area contributed by atoms with Crippen LogP contribution in [0.5, 0.6) is 5.75 Å². The van der Waals surface area contributed by atoms with Crippen LogP contribution in [0.25, 0.3) is 0 Å². The van der Waals surface area contributed by atoms with Crippen molar-refractivity contribution in [3.63, 3.8) is 0 Å². The molecule has 0 N–H and O–H groups in total. The molecule has 1 aromatic heterocycles. The second-order valence-corrected chi connectivity index (χ2v) is 3.05. The van der Waals surface area contributed by atoms with Crippen LogP contribution in [0.15, 0.2) is 6.07 Å². The zero-order chi connectivity index (χ0) is 10.7. The molecule has 0 spiro atoms. The first-order valence-electron chi connectivity index (χ1n) is 3.58. The average molecular weight is 236 g/mol. The van der Waals surface area contributed by atoms with E-state index in [1.54, 1.807) is 0 Å². The fourth-order valence-corrected chi connectivity index (χ4v) is 1.40. The zero-order valence-electron chi connectivity index (χ0n) is 7.51. The molecule has 76 valence electrons. The molecule has 0 fully saturated rings. The number of methoxy groups -OCH3 is 2. The summed E-state index contributed by atoms with van der Waals surface area (Å²) in [7, 11) is 2.64. The van der Waals surface area contributed by atoms with E-state index >= 15 is 0 Å². The number of hydrogen-bond acceptors (Lipinski definition) is 4. The molecule has 0 atom stereocenters. The lowest BCUT2D eigenvalue weighted by molar-refractivity contribution is 0.0597. The predicted molar refractivity (Wildman–Crippen MR) is 52.1 cm³/mol. The van der Waals surface area contributed by atoms with Gasteiger partial charge in [-0.3, -0.25) is 0 Å². The van der Waals surface area contributed by atoms with Gasteiger partial charge in [0, 0.05) is 6.07 Å². The van der Waals surface area contributed by atoms with Crippen molar-refractivity contribution in [2.24, 2.45) is 0 Å². The van der Waals surface area contributed by atoms with E-state index in [0.717, 1.165) is 0 Å². The van der Waals surface area contributed by atoms with Gasteiger partial charge in [0.05, 0.1) is 14.2 Å². The summed E-state index contributed by atoms with van der Waals surface area (Å²) in [6.07, 6.45) is 0. The highest BCUT2D eigenvalue weighted by Gasteiger charge is 2.19. The Labute approximate surface area is 90.7 Å². The van der Waals surface area contributed by atoms with Crippen LogP contribution >= 0.6 is 23.2 Å². The third-order valence-corrected chi connectivity index (χ3v) is 1.98. The first-order chi connectivity index (χ1) is 6.60. The molecule has 0 aliphatic rings. The third-order valence-electron chi connectivity index (χ3n) is 1.52. The number of esters is 1. The molecule has 14 heavy (non-hydrogen) atoms. The summed E-state index contributed by atoms with van der Waals surface area (Å²) in [5.74, 6) is -0.377. The normalized spacial score (nSPS) is 9.71. The Morgan fingerprint density at radius 1 is 1.43 bits per heavy atom. The molecule has 1 heterocycles. The Bertz CT molecular complexity index is 368.